The van der Waals surface area contributed by atoms with Crippen molar-refractivity contribution in [2.24, 2.45) is 0 Å². The molecule has 3 nitrogen and oxygen atoms in total. The number of aliphatic hydroxyl groups is 1. The third-order valence-corrected chi connectivity index (χ3v) is 2.89. The first kappa shape index (κ1) is 16.3. The summed E-state index contributed by atoms with van der Waals surface area (Å²) in [6.07, 6.45) is 0.947. The Labute approximate surface area is 120 Å². The molecular weight excluding hydrogens is 320 g/mol. The molecule has 1 unspecified atom stereocenters. The van der Waals surface area contributed by atoms with Crippen LogP contribution in [0.2, 0.25) is 0 Å². The molecule has 0 aromatic heterocycles. The van der Waals surface area contributed by atoms with Crippen LogP contribution in [0.3, 0.4) is 0 Å². The molecule has 0 radical (unpaired) electrons. The van der Waals surface area contributed by atoms with Gasteiger partial charge < -0.3 is 15.2 Å². The molecule has 0 heterocycles. The summed E-state index contributed by atoms with van der Waals surface area (Å²) in [4.78, 5) is 0. The molecule has 108 valence electrons. The van der Waals surface area contributed by atoms with Crippen LogP contribution in [0.25, 0.3) is 0 Å². The van der Waals surface area contributed by atoms with Gasteiger partial charge in [-0.15, -0.1) is 0 Å². The summed E-state index contributed by atoms with van der Waals surface area (Å²) in [5.74, 6) is -2.27. The lowest BCUT2D eigenvalue weighted by molar-refractivity contribution is 0.0111. The second-order valence-electron chi connectivity index (χ2n) is 4.66. The molecular formula is C13H18BrF2NO2. The molecule has 19 heavy (non-hydrogen) atoms. The first-order valence-electron chi connectivity index (χ1n) is 6.06. The predicted octanol–water partition coefficient (Wildman–Crippen LogP) is 2.86. The Kier molecular flexibility index (Phi) is 6.16. The average molecular weight is 338 g/mol. The van der Waals surface area contributed by atoms with Crippen molar-refractivity contribution < 1.29 is 18.6 Å². The van der Waals surface area contributed by atoms with E-state index in [2.05, 4.69) is 21.2 Å². The molecule has 0 fully saturated rings. The van der Waals surface area contributed by atoms with Crippen molar-refractivity contribution in [1.29, 1.82) is 0 Å². The van der Waals surface area contributed by atoms with Gasteiger partial charge in [-0.25, -0.2) is 4.39 Å². The molecule has 1 aromatic rings. The zero-order valence-corrected chi connectivity index (χ0v) is 12.6. The highest BCUT2D eigenvalue weighted by molar-refractivity contribution is 9.10. The second kappa shape index (κ2) is 7.17. The summed E-state index contributed by atoms with van der Waals surface area (Å²) in [5, 5.41) is 13.1. The maximum Gasteiger partial charge on any atom is 0.200 e. The molecule has 0 saturated carbocycles. The number of rotatable bonds is 7. The number of halogens is 3. The summed E-state index contributed by atoms with van der Waals surface area (Å²) < 4.78 is 32.1. The Morgan fingerprint density at radius 2 is 2.11 bits per heavy atom. The first-order chi connectivity index (χ1) is 8.85. The van der Waals surface area contributed by atoms with Crippen molar-refractivity contribution >= 4 is 15.9 Å². The molecule has 1 rings (SSSR count). The lowest BCUT2D eigenvalue weighted by atomic mass is 10.1. The fraction of sp³-hybridized carbons (Fsp3) is 0.538. The van der Waals surface area contributed by atoms with Gasteiger partial charge in [-0.1, -0.05) is 22.9 Å². The van der Waals surface area contributed by atoms with Gasteiger partial charge in [0.2, 0.25) is 5.82 Å². The standard InChI is InChI=1S/C13H18BrF2NO2/c1-3-4-17-7-13(2,18)8-19-11-6-9(14)5-10(15)12(11)16/h5-6,17-18H,3-4,7-8H2,1-2H3. The van der Waals surface area contributed by atoms with Crippen LogP contribution >= 0.6 is 15.9 Å². The largest absolute Gasteiger partial charge is 0.487 e. The molecule has 0 amide bonds. The maximum absolute atomic E-state index is 13.4. The van der Waals surface area contributed by atoms with Crippen molar-refractivity contribution in [3.63, 3.8) is 0 Å². The van der Waals surface area contributed by atoms with Crippen LogP contribution in [-0.4, -0.2) is 30.4 Å². The van der Waals surface area contributed by atoms with E-state index in [1.54, 1.807) is 6.92 Å². The lowest BCUT2D eigenvalue weighted by Gasteiger charge is -2.24. The summed E-state index contributed by atoms with van der Waals surface area (Å²) in [6.45, 7) is 4.55. The van der Waals surface area contributed by atoms with Crippen LogP contribution in [0.5, 0.6) is 5.75 Å². The molecule has 0 spiro atoms. The number of benzene rings is 1. The number of hydrogen-bond acceptors (Lipinski definition) is 3. The van der Waals surface area contributed by atoms with E-state index in [0.29, 0.717) is 11.0 Å². The molecule has 0 saturated heterocycles. The van der Waals surface area contributed by atoms with E-state index in [-0.39, 0.29) is 12.4 Å². The van der Waals surface area contributed by atoms with Gasteiger partial charge in [0.05, 0.1) is 0 Å². The molecule has 0 aliphatic heterocycles. The van der Waals surface area contributed by atoms with Gasteiger partial charge in [0.25, 0.3) is 0 Å². The Morgan fingerprint density at radius 1 is 1.42 bits per heavy atom. The van der Waals surface area contributed by atoms with Crippen LogP contribution < -0.4 is 10.1 Å². The number of nitrogens with one attached hydrogen (secondary N) is 1. The minimum absolute atomic E-state index is 0.128. The summed E-state index contributed by atoms with van der Waals surface area (Å²) in [5.41, 5.74) is -1.15. The number of hydrogen-bond donors (Lipinski definition) is 2. The molecule has 1 atom stereocenters. The smallest absolute Gasteiger partial charge is 0.200 e. The molecule has 0 aliphatic rings. The SMILES string of the molecule is CCCNCC(C)(O)COc1cc(Br)cc(F)c1F. The second-order valence-corrected chi connectivity index (χ2v) is 5.58. The van der Waals surface area contributed by atoms with E-state index in [0.717, 1.165) is 19.0 Å². The van der Waals surface area contributed by atoms with Crippen LogP contribution in [0, 0.1) is 11.6 Å². The third kappa shape index (κ3) is 5.42. The van der Waals surface area contributed by atoms with E-state index >= 15 is 0 Å². The zero-order valence-electron chi connectivity index (χ0n) is 11.0. The van der Waals surface area contributed by atoms with E-state index in [1.807, 2.05) is 6.92 Å². The fourth-order valence-electron chi connectivity index (χ4n) is 1.46. The van der Waals surface area contributed by atoms with Crippen molar-refractivity contribution in [1.82, 2.24) is 5.32 Å². The van der Waals surface area contributed by atoms with E-state index in [1.165, 1.54) is 6.07 Å². The number of ether oxygens (including phenoxy) is 1. The lowest BCUT2D eigenvalue weighted by Crippen LogP contribution is -2.43. The van der Waals surface area contributed by atoms with E-state index in [4.69, 9.17) is 4.74 Å². The fourth-order valence-corrected chi connectivity index (χ4v) is 1.87. The highest BCUT2D eigenvalue weighted by Gasteiger charge is 2.22. The van der Waals surface area contributed by atoms with Gasteiger partial charge in [0, 0.05) is 11.0 Å². The van der Waals surface area contributed by atoms with Crippen molar-refractivity contribution in [2.75, 3.05) is 19.7 Å². The van der Waals surface area contributed by atoms with Crippen LogP contribution in [0.15, 0.2) is 16.6 Å². The minimum atomic E-state index is -1.15. The monoisotopic (exact) mass is 337 g/mol. The molecule has 1 aromatic carbocycles. The minimum Gasteiger partial charge on any atom is -0.487 e. The summed E-state index contributed by atoms with van der Waals surface area (Å²) in [6, 6.07) is 2.34. The van der Waals surface area contributed by atoms with Crippen molar-refractivity contribution in [2.45, 2.75) is 25.9 Å². The van der Waals surface area contributed by atoms with Crippen LogP contribution in [0.1, 0.15) is 20.3 Å². The molecule has 2 N–H and O–H groups in total. The first-order valence-corrected chi connectivity index (χ1v) is 6.85. The van der Waals surface area contributed by atoms with Gasteiger partial charge in [0.1, 0.15) is 12.2 Å². The Hall–Kier alpha value is -0.720. The summed E-state index contributed by atoms with van der Waals surface area (Å²) in [7, 11) is 0. The summed E-state index contributed by atoms with van der Waals surface area (Å²) >= 11 is 3.06. The normalized spacial score (nSPS) is 14.2. The maximum atomic E-state index is 13.4. The van der Waals surface area contributed by atoms with E-state index < -0.39 is 17.2 Å². The predicted molar refractivity (Wildman–Crippen MR) is 73.3 cm³/mol. The highest BCUT2D eigenvalue weighted by Crippen LogP contribution is 2.25. The van der Waals surface area contributed by atoms with Gasteiger partial charge in [-0.2, -0.15) is 4.39 Å². The van der Waals surface area contributed by atoms with Gasteiger partial charge in [-0.05, 0) is 32.0 Å². The molecule has 0 aliphatic carbocycles. The average Bonchev–Trinajstić information content (AvgIpc) is 2.32. The Morgan fingerprint density at radius 3 is 2.74 bits per heavy atom. The molecule has 0 bridgehead atoms. The van der Waals surface area contributed by atoms with Gasteiger partial charge >= 0.3 is 0 Å². The topological polar surface area (TPSA) is 41.5 Å². The van der Waals surface area contributed by atoms with Crippen molar-refractivity contribution in [3.05, 3.63) is 28.2 Å². The highest BCUT2D eigenvalue weighted by atomic mass is 79.9. The zero-order chi connectivity index (χ0) is 14.5. The van der Waals surface area contributed by atoms with Gasteiger partial charge in [-0.3, -0.25) is 0 Å². The van der Waals surface area contributed by atoms with Crippen molar-refractivity contribution in [3.8, 4) is 5.75 Å². The Bertz CT molecular complexity index is 427. The molecule has 6 heteroatoms. The van der Waals surface area contributed by atoms with E-state index in [9.17, 15) is 13.9 Å². The van der Waals surface area contributed by atoms with Crippen LogP contribution in [-0.2, 0) is 0 Å². The quantitative estimate of drug-likeness (QED) is 0.593. The Balaban J connectivity index is 2.61. The van der Waals surface area contributed by atoms with Crippen LogP contribution in [0.4, 0.5) is 8.78 Å². The third-order valence-electron chi connectivity index (χ3n) is 2.43. The van der Waals surface area contributed by atoms with Gasteiger partial charge in [0.15, 0.2) is 11.6 Å².